The molecule has 0 bridgehead atoms. The average Bonchev–Trinajstić information content (AvgIpc) is 2.91. The zero-order valence-electron chi connectivity index (χ0n) is 21.7. The molecule has 1 aliphatic rings. The Bertz CT molecular complexity index is 1520. The quantitative estimate of drug-likeness (QED) is 0.299. The number of aliphatic hydroxyl groups excluding tert-OH is 1. The molecule has 0 aliphatic heterocycles. The van der Waals surface area contributed by atoms with Crippen LogP contribution in [0.5, 0.6) is 0 Å². The normalized spacial score (nSPS) is 17.7. The van der Waals surface area contributed by atoms with Gasteiger partial charge in [0.15, 0.2) is 0 Å². The maximum Gasteiger partial charge on any atom is 0.319 e. The van der Waals surface area contributed by atoms with Crippen LogP contribution in [0.25, 0.3) is 22.5 Å². The van der Waals surface area contributed by atoms with E-state index in [1.54, 1.807) is 12.3 Å². The molecule has 6 heteroatoms. The molecule has 6 nitrogen and oxygen atoms in total. The Balaban J connectivity index is 1.48. The lowest BCUT2D eigenvalue weighted by Gasteiger charge is -2.40. The van der Waals surface area contributed by atoms with Gasteiger partial charge in [-0.2, -0.15) is 0 Å². The standard InChI is InChI=1S/C32H30N4O2/c1-5-23-16-15-22(19-33-23)28-20(2)17-26(29(35-28)21-11-7-6-8-12-21)34-31(38)36-30-24-13-9-10-14-25(24)32(3,4)18-27(30)37/h1,6-17,19,27,30,37H,18H2,2-4H3,(H2,34,36,38)/t27-,30-/m1/s1. The zero-order valence-corrected chi connectivity index (χ0v) is 21.7. The minimum absolute atomic E-state index is 0.185. The third kappa shape index (κ3) is 4.89. The van der Waals surface area contributed by atoms with E-state index in [0.717, 1.165) is 33.5 Å². The van der Waals surface area contributed by atoms with Crippen molar-refractivity contribution >= 4 is 11.7 Å². The minimum Gasteiger partial charge on any atom is -0.391 e. The lowest BCUT2D eigenvalue weighted by atomic mass is 9.70. The number of nitrogens with zero attached hydrogens (tertiary/aromatic N) is 2. The summed E-state index contributed by atoms with van der Waals surface area (Å²) in [6.45, 7) is 6.17. The first kappa shape index (κ1) is 25.2. The predicted molar refractivity (Wildman–Crippen MR) is 151 cm³/mol. The van der Waals surface area contributed by atoms with Crippen LogP contribution in [-0.4, -0.2) is 27.2 Å². The number of carbonyl (C=O) groups is 1. The molecular formula is C32H30N4O2. The van der Waals surface area contributed by atoms with Crippen LogP contribution in [0.4, 0.5) is 10.5 Å². The molecule has 190 valence electrons. The number of pyridine rings is 2. The van der Waals surface area contributed by atoms with Gasteiger partial charge in [0.25, 0.3) is 0 Å². The van der Waals surface area contributed by atoms with Crippen molar-refractivity contribution < 1.29 is 9.90 Å². The van der Waals surface area contributed by atoms with Crippen LogP contribution in [-0.2, 0) is 5.41 Å². The second-order valence-electron chi connectivity index (χ2n) is 10.3. The van der Waals surface area contributed by atoms with E-state index in [-0.39, 0.29) is 5.41 Å². The first-order valence-corrected chi connectivity index (χ1v) is 12.6. The number of carbonyl (C=O) groups excluding carboxylic acids is 1. The van der Waals surface area contributed by atoms with Gasteiger partial charge >= 0.3 is 6.03 Å². The summed E-state index contributed by atoms with van der Waals surface area (Å²) in [7, 11) is 0. The number of nitrogens with one attached hydrogen (secondary N) is 2. The van der Waals surface area contributed by atoms with Crippen molar-refractivity contribution in [1.29, 1.82) is 0 Å². The summed E-state index contributed by atoms with van der Waals surface area (Å²) < 4.78 is 0. The van der Waals surface area contributed by atoms with E-state index in [0.29, 0.717) is 23.5 Å². The van der Waals surface area contributed by atoms with E-state index in [1.165, 1.54) is 0 Å². The lowest BCUT2D eigenvalue weighted by Crippen LogP contribution is -2.45. The molecule has 1 aliphatic carbocycles. The number of urea groups is 1. The van der Waals surface area contributed by atoms with Crippen LogP contribution in [0.2, 0.25) is 0 Å². The van der Waals surface area contributed by atoms with Gasteiger partial charge in [-0.25, -0.2) is 14.8 Å². The lowest BCUT2D eigenvalue weighted by molar-refractivity contribution is 0.0883. The minimum atomic E-state index is -0.708. The highest BCUT2D eigenvalue weighted by Crippen LogP contribution is 2.41. The predicted octanol–water partition coefficient (Wildman–Crippen LogP) is 6.01. The second kappa shape index (κ2) is 10.1. The van der Waals surface area contributed by atoms with Gasteiger partial charge < -0.3 is 15.7 Å². The van der Waals surface area contributed by atoms with E-state index >= 15 is 0 Å². The fourth-order valence-electron chi connectivity index (χ4n) is 5.25. The van der Waals surface area contributed by atoms with Crippen molar-refractivity contribution in [3.63, 3.8) is 0 Å². The molecule has 38 heavy (non-hydrogen) atoms. The number of rotatable bonds is 4. The largest absolute Gasteiger partial charge is 0.391 e. The van der Waals surface area contributed by atoms with E-state index in [4.69, 9.17) is 11.4 Å². The molecule has 3 N–H and O–H groups in total. The van der Waals surface area contributed by atoms with Crippen LogP contribution in [0.15, 0.2) is 79.0 Å². The highest BCUT2D eigenvalue weighted by atomic mass is 16.3. The molecule has 0 saturated heterocycles. The average molecular weight is 503 g/mol. The second-order valence-corrected chi connectivity index (χ2v) is 10.3. The third-order valence-electron chi connectivity index (χ3n) is 7.11. The number of fused-ring (bicyclic) bond motifs is 1. The first-order chi connectivity index (χ1) is 18.3. The molecule has 0 radical (unpaired) electrons. The summed E-state index contributed by atoms with van der Waals surface area (Å²) in [5.41, 5.74) is 6.96. The van der Waals surface area contributed by atoms with Crippen molar-refractivity contribution in [3.8, 4) is 34.9 Å². The molecule has 2 heterocycles. The molecular weight excluding hydrogens is 472 g/mol. The van der Waals surface area contributed by atoms with Gasteiger partial charge in [0.1, 0.15) is 5.69 Å². The zero-order chi connectivity index (χ0) is 26.9. The van der Waals surface area contributed by atoms with E-state index in [1.807, 2.05) is 67.6 Å². The summed E-state index contributed by atoms with van der Waals surface area (Å²) >= 11 is 0. The van der Waals surface area contributed by atoms with Gasteiger partial charge in [0.05, 0.1) is 29.2 Å². The van der Waals surface area contributed by atoms with Gasteiger partial charge in [-0.1, -0.05) is 74.4 Å². The molecule has 4 aromatic rings. The summed E-state index contributed by atoms with van der Waals surface area (Å²) in [4.78, 5) is 22.6. The molecule has 0 unspecified atom stereocenters. The topological polar surface area (TPSA) is 87.1 Å². The maximum absolute atomic E-state index is 13.3. The van der Waals surface area contributed by atoms with Gasteiger partial charge in [0.2, 0.25) is 0 Å². The van der Waals surface area contributed by atoms with Gasteiger partial charge in [-0.05, 0) is 53.6 Å². The summed E-state index contributed by atoms with van der Waals surface area (Å²) in [6, 6.07) is 22.3. The number of amides is 2. The van der Waals surface area contributed by atoms with E-state index in [2.05, 4.69) is 41.5 Å². The molecule has 2 aromatic carbocycles. The Morgan fingerprint density at radius 1 is 1.03 bits per heavy atom. The number of anilines is 1. The number of hydrogen-bond acceptors (Lipinski definition) is 4. The van der Waals surface area contributed by atoms with E-state index < -0.39 is 18.2 Å². The Hall–Kier alpha value is -4.47. The van der Waals surface area contributed by atoms with Gasteiger partial charge in [0, 0.05) is 17.3 Å². The van der Waals surface area contributed by atoms with Crippen molar-refractivity contribution in [1.82, 2.24) is 15.3 Å². The fraction of sp³-hybridized carbons (Fsp3) is 0.219. The summed E-state index contributed by atoms with van der Waals surface area (Å²) in [6.07, 6.45) is 7.01. The van der Waals surface area contributed by atoms with Gasteiger partial charge in [-0.3, -0.25) is 0 Å². The molecule has 2 atom stereocenters. The van der Waals surface area contributed by atoms with Crippen molar-refractivity contribution in [3.05, 3.63) is 101 Å². The fourth-order valence-corrected chi connectivity index (χ4v) is 5.25. The highest BCUT2D eigenvalue weighted by Gasteiger charge is 2.39. The number of aliphatic hydroxyl groups is 1. The number of aryl methyl sites for hydroxylation is 1. The Morgan fingerprint density at radius 3 is 2.47 bits per heavy atom. The Labute approximate surface area is 223 Å². The molecule has 0 spiro atoms. The molecule has 2 amide bonds. The maximum atomic E-state index is 13.3. The van der Waals surface area contributed by atoms with Crippen molar-refractivity contribution in [2.75, 3.05) is 5.32 Å². The third-order valence-corrected chi connectivity index (χ3v) is 7.11. The number of benzene rings is 2. The molecule has 2 aromatic heterocycles. The van der Waals surface area contributed by atoms with Crippen LogP contribution >= 0.6 is 0 Å². The Morgan fingerprint density at radius 2 is 1.76 bits per heavy atom. The van der Waals surface area contributed by atoms with Crippen LogP contribution in [0.1, 0.15) is 48.7 Å². The number of hydrogen-bond donors (Lipinski definition) is 3. The summed E-state index contributed by atoms with van der Waals surface area (Å²) in [5.74, 6) is 2.53. The van der Waals surface area contributed by atoms with Crippen molar-refractivity contribution in [2.45, 2.75) is 44.8 Å². The van der Waals surface area contributed by atoms with Crippen LogP contribution in [0, 0.1) is 19.3 Å². The first-order valence-electron chi connectivity index (χ1n) is 12.6. The Kier molecular flexibility index (Phi) is 6.71. The monoisotopic (exact) mass is 502 g/mol. The van der Waals surface area contributed by atoms with E-state index in [9.17, 15) is 9.90 Å². The van der Waals surface area contributed by atoms with Gasteiger partial charge in [-0.15, -0.1) is 6.42 Å². The smallest absolute Gasteiger partial charge is 0.319 e. The van der Waals surface area contributed by atoms with Crippen molar-refractivity contribution in [2.24, 2.45) is 0 Å². The van der Waals surface area contributed by atoms with Crippen LogP contribution in [0.3, 0.4) is 0 Å². The SMILES string of the molecule is C#Cc1ccc(-c2nc(-c3ccccc3)c(NC(=O)N[C@@H]3c4ccccc4C(C)(C)C[C@H]3O)cc2C)cn1. The summed E-state index contributed by atoms with van der Waals surface area (Å²) in [5, 5.41) is 17.0. The number of aromatic nitrogens is 2. The molecule has 0 saturated carbocycles. The highest BCUT2D eigenvalue weighted by molar-refractivity contribution is 5.94. The number of terminal acetylenes is 1. The van der Waals surface area contributed by atoms with Crippen LogP contribution < -0.4 is 10.6 Å². The molecule has 5 rings (SSSR count). The molecule has 0 fully saturated rings.